The van der Waals surface area contributed by atoms with Crippen molar-refractivity contribution < 1.29 is 9.53 Å². The molecule has 1 atom stereocenters. The van der Waals surface area contributed by atoms with E-state index in [1.807, 2.05) is 0 Å². The molecular weight excluding hydrogens is 206 g/mol. The number of ether oxygens (including phenoxy) is 1. The van der Waals surface area contributed by atoms with Crippen LogP contribution in [-0.2, 0) is 15.1 Å². The minimum Gasteiger partial charge on any atom is -0.464 e. The maximum Gasteiger partial charge on any atom is 0.335 e. The van der Waals surface area contributed by atoms with Crippen LogP contribution in [0.3, 0.4) is 0 Å². The number of terminal acetylenes is 1. The van der Waals surface area contributed by atoms with Gasteiger partial charge in [-0.1, -0.05) is 0 Å². The van der Waals surface area contributed by atoms with Crippen LogP contribution in [0.5, 0.6) is 0 Å². The van der Waals surface area contributed by atoms with Gasteiger partial charge in [0.15, 0.2) is 11.4 Å². The molecule has 2 N–H and O–H groups in total. The molecule has 5 heteroatoms. The molecule has 0 radical (unpaired) electrons. The van der Waals surface area contributed by atoms with E-state index in [1.165, 1.54) is 12.4 Å². The van der Waals surface area contributed by atoms with E-state index in [9.17, 15) is 4.79 Å². The van der Waals surface area contributed by atoms with Gasteiger partial charge in [0.1, 0.15) is 0 Å². The zero-order valence-electron chi connectivity index (χ0n) is 9.01. The van der Waals surface area contributed by atoms with Crippen LogP contribution in [0, 0.1) is 12.3 Å². The molecule has 0 aliphatic heterocycles. The van der Waals surface area contributed by atoms with E-state index in [0.29, 0.717) is 0 Å². The van der Waals surface area contributed by atoms with E-state index < -0.39 is 11.5 Å². The van der Waals surface area contributed by atoms with Gasteiger partial charge in [-0.15, -0.1) is 12.3 Å². The lowest BCUT2D eigenvalue weighted by Gasteiger charge is -2.22. The van der Waals surface area contributed by atoms with Gasteiger partial charge < -0.3 is 10.5 Å². The Morgan fingerprint density at radius 2 is 2.25 bits per heavy atom. The predicted octanol–water partition coefficient (Wildman–Crippen LogP) is 0.217. The molecule has 0 fully saturated rings. The van der Waals surface area contributed by atoms with Crippen molar-refractivity contribution in [2.75, 3.05) is 6.61 Å². The standard InChI is InChI=1S/C11H13N3O2/c1-3-6-11(12,10(15)16-4-2)9-13-7-5-8-14-9/h1,5,7-8H,4,6,12H2,2H3. The molecule has 0 saturated carbocycles. The Morgan fingerprint density at radius 1 is 1.62 bits per heavy atom. The molecule has 0 spiro atoms. The average Bonchev–Trinajstić information content (AvgIpc) is 2.30. The van der Waals surface area contributed by atoms with E-state index in [0.717, 1.165) is 0 Å². The van der Waals surface area contributed by atoms with Crippen LogP contribution in [0.4, 0.5) is 0 Å². The summed E-state index contributed by atoms with van der Waals surface area (Å²) < 4.78 is 4.87. The number of hydrogen-bond acceptors (Lipinski definition) is 5. The first-order valence-corrected chi connectivity index (χ1v) is 4.82. The molecule has 0 bridgehead atoms. The minimum atomic E-state index is -1.47. The summed E-state index contributed by atoms with van der Waals surface area (Å²) in [7, 11) is 0. The predicted molar refractivity (Wildman–Crippen MR) is 58.0 cm³/mol. The van der Waals surface area contributed by atoms with Gasteiger partial charge in [-0.2, -0.15) is 0 Å². The summed E-state index contributed by atoms with van der Waals surface area (Å²) in [6, 6.07) is 1.63. The first-order chi connectivity index (χ1) is 7.65. The van der Waals surface area contributed by atoms with Gasteiger partial charge in [0.25, 0.3) is 0 Å². The zero-order valence-corrected chi connectivity index (χ0v) is 9.01. The molecule has 84 valence electrons. The highest BCUT2D eigenvalue weighted by Gasteiger charge is 2.39. The summed E-state index contributed by atoms with van der Waals surface area (Å²) in [6.45, 7) is 1.93. The third kappa shape index (κ3) is 2.35. The average molecular weight is 219 g/mol. The molecule has 1 unspecified atom stereocenters. The third-order valence-corrected chi connectivity index (χ3v) is 1.99. The SMILES string of the molecule is C#CCC(N)(C(=O)OCC)c1ncccn1. The van der Waals surface area contributed by atoms with Crippen molar-refractivity contribution in [1.29, 1.82) is 0 Å². The van der Waals surface area contributed by atoms with Gasteiger partial charge in [-0.25, -0.2) is 14.8 Å². The monoisotopic (exact) mass is 219 g/mol. The molecule has 1 aromatic heterocycles. The van der Waals surface area contributed by atoms with Crippen LogP contribution in [0.15, 0.2) is 18.5 Å². The fourth-order valence-corrected chi connectivity index (χ4v) is 1.19. The fraction of sp³-hybridized carbons (Fsp3) is 0.364. The minimum absolute atomic E-state index is 0.00412. The molecule has 16 heavy (non-hydrogen) atoms. The number of nitrogens with two attached hydrogens (primary N) is 1. The van der Waals surface area contributed by atoms with Crippen LogP contribution in [0.1, 0.15) is 19.2 Å². The Bertz CT molecular complexity index is 399. The van der Waals surface area contributed by atoms with Gasteiger partial charge in [0.05, 0.1) is 6.61 Å². The number of esters is 1. The molecule has 0 aliphatic rings. The number of carbonyl (C=O) groups is 1. The molecule has 1 aromatic rings. The first kappa shape index (κ1) is 12.1. The summed E-state index contributed by atoms with van der Waals surface area (Å²) >= 11 is 0. The highest BCUT2D eigenvalue weighted by Crippen LogP contribution is 2.19. The third-order valence-electron chi connectivity index (χ3n) is 1.99. The summed E-state index contributed by atoms with van der Waals surface area (Å²) in [5.74, 6) is 1.90. The smallest absolute Gasteiger partial charge is 0.335 e. The molecular formula is C11H13N3O2. The second-order valence-corrected chi connectivity index (χ2v) is 3.15. The van der Waals surface area contributed by atoms with Gasteiger partial charge in [-0.3, -0.25) is 0 Å². The molecule has 0 aliphatic carbocycles. The van der Waals surface area contributed by atoms with Gasteiger partial charge >= 0.3 is 5.97 Å². The normalized spacial score (nSPS) is 13.6. The topological polar surface area (TPSA) is 78.1 Å². The van der Waals surface area contributed by atoms with Gasteiger partial charge in [0, 0.05) is 18.8 Å². The fourth-order valence-electron chi connectivity index (χ4n) is 1.19. The summed E-state index contributed by atoms with van der Waals surface area (Å²) in [6.07, 6.45) is 8.19. The van der Waals surface area contributed by atoms with Crippen LogP contribution in [0.2, 0.25) is 0 Å². The van der Waals surface area contributed by atoms with Gasteiger partial charge in [-0.05, 0) is 13.0 Å². The van der Waals surface area contributed by atoms with E-state index in [1.54, 1.807) is 13.0 Å². The number of aromatic nitrogens is 2. The Morgan fingerprint density at radius 3 is 2.75 bits per heavy atom. The van der Waals surface area contributed by atoms with Crippen LogP contribution >= 0.6 is 0 Å². The highest BCUT2D eigenvalue weighted by molar-refractivity contribution is 5.81. The highest BCUT2D eigenvalue weighted by atomic mass is 16.5. The maximum absolute atomic E-state index is 11.7. The molecule has 0 aromatic carbocycles. The largest absolute Gasteiger partial charge is 0.464 e. The van der Waals surface area contributed by atoms with Crippen molar-refractivity contribution in [3.63, 3.8) is 0 Å². The van der Waals surface area contributed by atoms with E-state index in [-0.39, 0.29) is 18.9 Å². The first-order valence-electron chi connectivity index (χ1n) is 4.82. The summed E-state index contributed by atoms with van der Waals surface area (Å²) in [5.41, 5.74) is 4.45. The maximum atomic E-state index is 11.7. The molecule has 5 nitrogen and oxygen atoms in total. The number of nitrogens with zero attached hydrogens (tertiary/aromatic N) is 2. The number of rotatable bonds is 4. The summed E-state index contributed by atoms with van der Waals surface area (Å²) in [4.78, 5) is 19.6. The van der Waals surface area contributed by atoms with Crippen molar-refractivity contribution in [3.8, 4) is 12.3 Å². The van der Waals surface area contributed by atoms with E-state index in [2.05, 4.69) is 15.9 Å². The Balaban J connectivity index is 3.07. The Hall–Kier alpha value is -1.93. The molecule has 0 amide bonds. The number of hydrogen-bond donors (Lipinski definition) is 1. The lowest BCUT2D eigenvalue weighted by Crippen LogP contribution is -2.47. The van der Waals surface area contributed by atoms with Crippen LogP contribution in [-0.4, -0.2) is 22.5 Å². The van der Waals surface area contributed by atoms with Crippen molar-refractivity contribution in [3.05, 3.63) is 24.3 Å². The molecule has 1 heterocycles. The Labute approximate surface area is 94.0 Å². The number of carbonyl (C=O) groups excluding carboxylic acids is 1. The summed E-state index contributed by atoms with van der Waals surface area (Å²) in [5, 5.41) is 0. The second kappa shape index (κ2) is 5.24. The zero-order chi connectivity index (χ0) is 12.0. The lowest BCUT2D eigenvalue weighted by molar-refractivity contribution is -0.150. The quantitative estimate of drug-likeness (QED) is 0.578. The van der Waals surface area contributed by atoms with Crippen molar-refractivity contribution >= 4 is 5.97 Å². The van der Waals surface area contributed by atoms with Crippen molar-refractivity contribution in [2.45, 2.75) is 18.9 Å². The van der Waals surface area contributed by atoms with Gasteiger partial charge in [0.2, 0.25) is 0 Å². The lowest BCUT2D eigenvalue weighted by atomic mass is 9.96. The van der Waals surface area contributed by atoms with Crippen LogP contribution in [0.25, 0.3) is 0 Å². The van der Waals surface area contributed by atoms with Crippen molar-refractivity contribution in [2.24, 2.45) is 5.73 Å². The molecule has 1 rings (SSSR count). The van der Waals surface area contributed by atoms with E-state index in [4.69, 9.17) is 16.9 Å². The second-order valence-electron chi connectivity index (χ2n) is 3.15. The molecule has 0 saturated heterocycles. The van der Waals surface area contributed by atoms with Crippen LogP contribution < -0.4 is 5.73 Å². The van der Waals surface area contributed by atoms with E-state index >= 15 is 0 Å². The Kier molecular flexibility index (Phi) is 3.97. The van der Waals surface area contributed by atoms with Crippen molar-refractivity contribution in [1.82, 2.24) is 9.97 Å².